The molecule has 2 atom stereocenters. The predicted octanol–water partition coefficient (Wildman–Crippen LogP) is 3.86. The fourth-order valence-electron chi connectivity index (χ4n) is 1.72. The Labute approximate surface area is 105 Å². The first-order valence-corrected chi connectivity index (χ1v) is 6.92. The minimum Gasteiger partial charge on any atom is -0.254 e. The Hall–Kier alpha value is -1.41. The number of benzene rings is 2. The van der Waals surface area contributed by atoms with Crippen molar-refractivity contribution in [1.82, 2.24) is 0 Å². The minimum absolute atomic E-state index is 0.0268. The van der Waals surface area contributed by atoms with Crippen molar-refractivity contribution in [2.24, 2.45) is 0 Å². The fourth-order valence-corrected chi connectivity index (χ4v) is 2.94. The topological polar surface area (TPSA) is 17.1 Å². The van der Waals surface area contributed by atoms with Crippen LogP contribution in [-0.4, -0.2) is 4.21 Å². The lowest BCUT2D eigenvalue weighted by molar-refractivity contribution is 0.676. The third kappa shape index (κ3) is 2.83. The van der Waals surface area contributed by atoms with Crippen molar-refractivity contribution < 1.29 is 4.21 Å². The van der Waals surface area contributed by atoms with Crippen LogP contribution in [-0.2, 0) is 10.8 Å². The molecule has 2 heteroatoms. The summed E-state index contributed by atoms with van der Waals surface area (Å²) in [7, 11) is -0.987. The Morgan fingerprint density at radius 2 is 1.53 bits per heavy atom. The summed E-state index contributed by atoms with van der Waals surface area (Å²) in [5.74, 6) is 0. The summed E-state index contributed by atoms with van der Waals surface area (Å²) in [6.07, 6.45) is 0. The van der Waals surface area contributed by atoms with Gasteiger partial charge in [0, 0.05) is 4.90 Å². The lowest BCUT2D eigenvalue weighted by atomic mass is 10.2. The molecule has 0 saturated heterocycles. The van der Waals surface area contributed by atoms with Gasteiger partial charge < -0.3 is 0 Å². The van der Waals surface area contributed by atoms with Crippen molar-refractivity contribution in [2.45, 2.75) is 24.0 Å². The van der Waals surface area contributed by atoms with Crippen LogP contribution in [0.5, 0.6) is 0 Å². The maximum absolute atomic E-state index is 12.4. The fraction of sp³-hybridized carbons (Fsp3) is 0.200. The van der Waals surface area contributed by atoms with Gasteiger partial charge in [-0.05, 0) is 31.5 Å². The van der Waals surface area contributed by atoms with Crippen LogP contribution >= 0.6 is 0 Å². The third-order valence-corrected chi connectivity index (χ3v) is 4.49. The molecule has 88 valence electrons. The summed E-state index contributed by atoms with van der Waals surface area (Å²) in [6.45, 7) is 4.04. The van der Waals surface area contributed by atoms with Crippen LogP contribution in [0.25, 0.3) is 0 Å². The highest BCUT2D eigenvalue weighted by Crippen LogP contribution is 2.24. The molecule has 0 N–H and O–H groups in total. The molecule has 0 fully saturated rings. The maximum atomic E-state index is 12.4. The highest BCUT2D eigenvalue weighted by atomic mass is 32.2. The lowest BCUT2D eigenvalue weighted by Crippen LogP contribution is -2.02. The van der Waals surface area contributed by atoms with E-state index < -0.39 is 10.8 Å². The van der Waals surface area contributed by atoms with E-state index in [0.29, 0.717) is 0 Å². The van der Waals surface area contributed by atoms with Gasteiger partial charge in [0.25, 0.3) is 0 Å². The van der Waals surface area contributed by atoms with Crippen molar-refractivity contribution >= 4 is 10.8 Å². The third-order valence-electron chi connectivity index (χ3n) is 2.84. The normalized spacial score (nSPS) is 14.2. The van der Waals surface area contributed by atoms with Gasteiger partial charge in [-0.25, -0.2) is 0 Å². The van der Waals surface area contributed by atoms with Gasteiger partial charge in [0.05, 0.1) is 16.0 Å². The second-order valence-electron chi connectivity index (χ2n) is 4.16. The summed E-state index contributed by atoms with van der Waals surface area (Å²) in [4.78, 5) is 0.895. The van der Waals surface area contributed by atoms with Gasteiger partial charge in [-0.1, -0.05) is 48.0 Å². The van der Waals surface area contributed by atoms with Gasteiger partial charge in [-0.15, -0.1) is 0 Å². The highest BCUT2D eigenvalue weighted by molar-refractivity contribution is 7.85. The Morgan fingerprint density at radius 1 is 0.941 bits per heavy atom. The van der Waals surface area contributed by atoms with E-state index in [4.69, 9.17) is 0 Å². The predicted molar refractivity (Wildman–Crippen MR) is 72.4 cm³/mol. The molecule has 1 nitrogen and oxygen atoms in total. The van der Waals surface area contributed by atoms with E-state index in [9.17, 15) is 4.21 Å². The quantitative estimate of drug-likeness (QED) is 0.801. The largest absolute Gasteiger partial charge is 0.254 e. The number of aryl methyl sites for hydroxylation is 1. The molecule has 2 rings (SSSR count). The molecule has 0 saturated carbocycles. The van der Waals surface area contributed by atoms with Gasteiger partial charge in [0.15, 0.2) is 0 Å². The standard InChI is InChI=1S/C15H16OS/c1-12-8-10-15(11-9-12)17(16)13(2)14-6-4-3-5-7-14/h3-11,13H,1-2H3. The molecular formula is C15H16OS. The highest BCUT2D eigenvalue weighted by Gasteiger charge is 2.14. The van der Waals surface area contributed by atoms with Gasteiger partial charge in [-0.3, -0.25) is 4.21 Å². The first-order valence-electron chi connectivity index (χ1n) is 5.70. The molecule has 0 radical (unpaired) electrons. The summed E-state index contributed by atoms with van der Waals surface area (Å²) in [5.41, 5.74) is 2.31. The van der Waals surface area contributed by atoms with E-state index in [-0.39, 0.29) is 5.25 Å². The Kier molecular flexibility index (Phi) is 3.75. The van der Waals surface area contributed by atoms with E-state index in [0.717, 1.165) is 10.5 Å². The molecule has 2 aromatic rings. The molecule has 0 aliphatic carbocycles. The summed E-state index contributed by atoms with van der Waals surface area (Å²) in [6, 6.07) is 17.9. The maximum Gasteiger partial charge on any atom is 0.0615 e. The molecule has 0 spiro atoms. The molecule has 0 heterocycles. The molecule has 0 bridgehead atoms. The molecule has 0 aliphatic rings. The molecule has 17 heavy (non-hydrogen) atoms. The number of hydrogen-bond acceptors (Lipinski definition) is 1. The van der Waals surface area contributed by atoms with Crippen LogP contribution in [0.2, 0.25) is 0 Å². The summed E-state index contributed by atoms with van der Waals surface area (Å²) < 4.78 is 12.4. The number of rotatable bonds is 3. The van der Waals surface area contributed by atoms with Crippen LogP contribution in [0, 0.1) is 6.92 Å². The number of hydrogen-bond donors (Lipinski definition) is 0. The Morgan fingerprint density at radius 3 is 2.12 bits per heavy atom. The molecule has 0 amide bonds. The van der Waals surface area contributed by atoms with Crippen LogP contribution < -0.4 is 0 Å². The molecule has 0 aliphatic heterocycles. The smallest absolute Gasteiger partial charge is 0.0615 e. The first-order chi connectivity index (χ1) is 8.18. The second-order valence-corrected chi connectivity index (χ2v) is 5.94. The minimum atomic E-state index is -0.987. The monoisotopic (exact) mass is 244 g/mol. The van der Waals surface area contributed by atoms with Crippen LogP contribution in [0.4, 0.5) is 0 Å². The van der Waals surface area contributed by atoms with E-state index in [1.807, 2.05) is 68.4 Å². The second kappa shape index (κ2) is 5.28. The van der Waals surface area contributed by atoms with Crippen molar-refractivity contribution in [3.8, 4) is 0 Å². The molecule has 0 aromatic heterocycles. The van der Waals surface area contributed by atoms with Crippen molar-refractivity contribution in [2.75, 3.05) is 0 Å². The Bertz CT molecular complexity index is 502. The Balaban J connectivity index is 2.23. The average molecular weight is 244 g/mol. The molecule has 2 aromatic carbocycles. The van der Waals surface area contributed by atoms with Crippen LogP contribution in [0.3, 0.4) is 0 Å². The van der Waals surface area contributed by atoms with Gasteiger partial charge >= 0.3 is 0 Å². The van der Waals surface area contributed by atoms with Crippen LogP contribution in [0.15, 0.2) is 59.5 Å². The van der Waals surface area contributed by atoms with Crippen molar-refractivity contribution in [1.29, 1.82) is 0 Å². The zero-order valence-corrected chi connectivity index (χ0v) is 10.9. The first kappa shape index (κ1) is 12.1. The van der Waals surface area contributed by atoms with Crippen molar-refractivity contribution in [3.05, 3.63) is 65.7 Å². The van der Waals surface area contributed by atoms with E-state index in [1.54, 1.807) is 0 Å². The average Bonchev–Trinajstić information content (AvgIpc) is 2.39. The van der Waals surface area contributed by atoms with Gasteiger partial charge in [0.2, 0.25) is 0 Å². The zero-order chi connectivity index (χ0) is 12.3. The molecular weight excluding hydrogens is 228 g/mol. The van der Waals surface area contributed by atoms with Gasteiger partial charge in [0.1, 0.15) is 0 Å². The van der Waals surface area contributed by atoms with Crippen molar-refractivity contribution in [3.63, 3.8) is 0 Å². The summed E-state index contributed by atoms with van der Waals surface area (Å²) in [5, 5.41) is 0.0268. The zero-order valence-electron chi connectivity index (χ0n) is 10.1. The summed E-state index contributed by atoms with van der Waals surface area (Å²) >= 11 is 0. The SMILES string of the molecule is Cc1ccc(S(=O)C(C)c2ccccc2)cc1. The van der Waals surface area contributed by atoms with Crippen LogP contribution in [0.1, 0.15) is 23.3 Å². The molecule has 2 unspecified atom stereocenters. The van der Waals surface area contributed by atoms with Gasteiger partial charge in [-0.2, -0.15) is 0 Å². The van der Waals surface area contributed by atoms with E-state index >= 15 is 0 Å². The van der Waals surface area contributed by atoms with E-state index in [2.05, 4.69) is 0 Å². The lowest BCUT2D eigenvalue weighted by Gasteiger charge is -2.11. The van der Waals surface area contributed by atoms with E-state index in [1.165, 1.54) is 5.56 Å².